The van der Waals surface area contributed by atoms with E-state index >= 15 is 0 Å². The molecule has 0 N–H and O–H groups in total. The van der Waals surface area contributed by atoms with Crippen molar-refractivity contribution in [2.45, 2.75) is 87.0 Å². The highest BCUT2D eigenvalue weighted by atomic mass is 35.5. The molecule has 2 nitrogen and oxygen atoms in total. The number of rotatable bonds is 15. The number of sulfone groups is 1. The lowest BCUT2D eigenvalue weighted by Gasteiger charge is -2.15. The Morgan fingerprint density at radius 1 is 0.846 bits per heavy atom. The lowest BCUT2D eigenvalue weighted by atomic mass is 10.1. The summed E-state index contributed by atoms with van der Waals surface area (Å²) >= 11 is 7.14. The molecule has 26 heavy (non-hydrogen) atoms. The van der Waals surface area contributed by atoms with E-state index < -0.39 is 9.84 Å². The van der Waals surface area contributed by atoms with Gasteiger partial charge < -0.3 is 0 Å². The zero-order valence-electron chi connectivity index (χ0n) is 16.4. The Hall–Kier alpha value is -0.190. The predicted molar refractivity (Wildman–Crippen MR) is 117 cm³/mol. The fourth-order valence-electron chi connectivity index (χ4n) is 3.10. The molecule has 1 unspecified atom stereocenters. The van der Waals surface area contributed by atoms with Crippen molar-refractivity contribution in [2.24, 2.45) is 0 Å². The number of hydrogen-bond acceptors (Lipinski definition) is 3. The third-order valence-electron chi connectivity index (χ3n) is 4.78. The first-order valence-electron chi connectivity index (χ1n) is 9.91. The van der Waals surface area contributed by atoms with Crippen molar-refractivity contribution in [3.8, 4) is 0 Å². The summed E-state index contributed by atoms with van der Waals surface area (Å²) in [4.78, 5) is 0.455. The monoisotopic (exact) mass is 418 g/mol. The highest BCUT2D eigenvalue weighted by Gasteiger charge is 2.26. The molecule has 0 bridgehead atoms. The van der Waals surface area contributed by atoms with Gasteiger partial charge in [-0.25, -0.2) is 8.42 Å². The third kappa shape index (κ3) is 9.14. The fraction of sp³-hybridized carbons (Fsp3) is 0.714. The average Bonchev–Trinajstić information content (AvgIpc) is 2.63. The molecular weight excluding hydrogens is 384 g/mol. The summed E-state index contributed by atoms with van der Waals surface area (Å²) < 4.78 is 25.2. The molecule has 0 radical (unpaired) electrons. The first kappa shape index (κ1) is 23.8. The minimum Gasteiger partial charge on any atom is -0.223 e. The number of alkyl halides is 1. The Kier molecular flexibility index (Phi) is 12.8. The molecule has 1 rings (SSSR count). The van der Waals surface area contributed by atoms with E-state index in [9.17, 15) is 8.42 Å². The van der Waals surface area contributed by atoms with Crippen molar-refractivity contribution < 1.29 is 8.42 Å². The molecular formula is C21H35ClO2S2. The number of halogens is 1. The van der Waals surface area contributed by atoms with Crippen molar-refractivity contribution in [2.75, 3.05) is 12.1 Å². The van der Waals surface area contributed by atoms with Crippen LogP contribution in [0.1, 0.15) is 76.2 Å². The predicted octanol–water partition coefficient (Wildman–Crippen LogP) is 6.99. The second kappa shape index (κ2) is 13.9. The molecule has 1 aromatic carbocycles. The zero-order chi connectivity index (χ0) is 19.3. The van der Waals surface area contributed by atoms with Crippen LogP contribution in [0, 0.1) is 6.92 Å². The molecule has 0 aliphatic carbocycles. The van der Waals surface area contributed by atoms with Crippen LogP contribution in [-0.4, -0.2) is 25.1 Å². The van der Waals surface area contributed by atoms with Gasteiger partial charge in [0.1, 0.15) is 4.58 Å². The minimum atomic E-state index is -3.23. The third-order valence-corrected chi connectivity index (χ3v) is 9.01. The van der Waals surface area contributed by atoms with Gasteiger partial charge >= 0.3 is 0 Å². The Balaban J connectivity index is 2.21. The van der Waals surface area contributed by atoms with Gasteiger partial charge in [0.25, 0.3) is 0 Å². The summed E-state index contributed by atoms with van der Waals surface area (Å²) in [5.41, 5.74) is 1.09. The SMILES string of the molecule is CSC(CCCCCCCCCCCCCl)S(=O)(=O)c1ccc(C)cc1. The Morgan fingerprint density at radius 2 is 1.31 bits per heavy atom. The van der Waals surface area contributed by atoms with Crippen LogP contribution in [0.15, 0.2) is 29.2 Å². The summed E-state index contributed by atoms with van der Waals surface area (Å²) in [7, 11) is -3.23. The summed E-state index contributed by atoms with van der Waals surface area (Å²) in [6.45, 7) is 1.97. The summed E-state index contributed by atoms with van der Waals surface area (Å²) in [6, 6.07) is 7.22. The quantitative estimate of drug-likeness (QED) is 0.227. The van der Waals surface area contributed by atoms with E-state index in [1.54, 1.807) is 12.1 Å². The zero-order valence-corrected chi connectivity index (χ0v) is 18.8. The summed E-state index contributed by atoms with van der Waals surface area (Å²) in [5.74, 6) is 0.788. The largest absolute Gasteiger partial charge is 0.223 e. The average molecular weight is 419 g/mol. The first-order valence-corrected chi connectivity index (χ1v) is 13.3. The second-order valence-corrected chi connectivity index (χ2v) is 10.9. The number of unbranched alkanes of at least 4 members (excludes halogenated alkanes) is 9. The molecule has 5 heteroatoms. The van der Waals surface area contributed by atoms with E-state index in [1.165, 1.54) is 56.7 Å². The van der Waals surface area contributed by atoms with Gasteiger partial charge in [-0.15, -0.1) is 23.4 Å². The van der Waals surface area contributed by atoms with E-state index in [-0.39, 0.29) is 4.58 Å². The maximum atomic E-state index is 12.8. The number of hydrogen-bond donors (Lipinski definition) is 0. The van der Waals surface area contributed by atoms with Gasteiger partial charge in [0.15, 0.2) is 9.84 Å². The number of benzene rings is 1. The summed E-state index contributed by atoms with van der Waals surface area (Å²) in [5, 5.41) is 0. The van der Waals surface area contributed by atoms with Crippen molar-refractivity contribution in [3.05, 3.63) is 29.8 Å². The highest BCUT2D eigenvalue weighted by molar-refractivity contribution is 8.13. The molecule has 0 amide bonds. The molecule has 0 saturated heterocycles. The smallest absolute Gasteiger partial charge is 0.190 e. The molecule has 0 aromatic heterocycles. The van der Waals surface area contributed by atoms with E-state index in [2.05, 4.69) is 0 Å². The number of thioether (sulfide) groups is 1. The van der Waals surface area contributed by atoms with Crippen molar-refractivity contribution >= 4 is 33.2 Å². The Labute approximate surface area is 170 Å². The molecule has 0 heterocycles. The van der Waals surface area contributed by atoms with Crippen LogP contribution in [0.4, 0.5) is 0 Å². The van der Waals surface area contributed by atoms with Gasteiger partial charge in [-0.1, -0.05) is 75.5 Å². The van der Waals surface area contributed by atoms with Crippen LogP contribution in [0.2, 0.25) is 0 Å². The molecule has 0 saturated carbocycles. The molecule has 150 valence electrons. The van der Waals surface area contributed by atoms with Crippen LogP contribution >= 0.6 is 23.4 Å². The molecule has 0 spiro atoms. The standard InChI is InChI=1S/C21H35ClO2S2/c1-19-14-16-20(17-15-19)26(23,24)21(25-2)13-11-9-7-5-3-4-6-8-10-12-18-22/h14-17,21H,3-13,18H2,1-2H3. The van der Waals surface area contributed by atoms with Gasteiger partial charge in [-0.2, -0.15) is 0 Å². The Morgan fingerprint density at radius 3 is 1.77 bits per heavy atom. The van der Waals surface area contributed by atoms with Crippen molar-refractivity contribution in [1.82, 2.24) is 0 Å². The first-order chi connectivity index (χ1) is 12.5. The molecule has 1 aromatic rings. The van der Waals surface area contributed by atoms with Crippen LogP contribution in [-0.2, 0) is 9.84 Å². The normalized spacial score (nSPS) is 13.0. The van der Waals surface area contributed by atoms with E-state index in [4.69, 9.17) is 11.6 Å². The van der Waals surface area contributed by atoms with Gasteiger partial charge in [0, 0.05) is 5.88 Å². The van der Waals surface area contributed by atoms with E-state index in [0.29, 0.717) is 4.90 Å². The lowest BCUT2D eigenvalue weighted by Crippen LogP contribution is -2.17. The van der Waals surface area contributed by atoms with Crippen LogP contribution < -0.4 is 0 Å². The van der Waals surface area contributed by atoms with Gasteiger partial charge in [-0.05, 0) is 38.2 Å². The minimum absolute atomic E-state index is 0.327. The molecule has 0 aliphatic rings. The lowest BCUT2D eigenvalue weighted by molar-refractivity contribution is 0.549. The molecule has 1 atom stereocenters. The molecule has 0 fully saturated rings. The van der Waals surface area contributed by atoms with Crippen LogP contribution in [0.25, 0.3) is 0 Å². The van der Waals surface area contributed by atoms with Gasteiger partial charge in [0.2, 0.25) is 0 Å². The second-order valence-electron chi connectivity index (χ2n) is 7.04. The van der Waals surface area contributed by atoms with Gasteiger partial charge in [0.05, 0.1) is 4.90 Å². The molecule has 0 aliphatic heterocycles. The van der Waals surface area contributed by atoms with Crippen molar-refractivity contribution in [1.29, 1.82) is 0 Å². The van der Waals surface area contributed by atoms with E-state index in [1.807, 2.05) is 25.3 Å². The van der Waals surface area contributed by atoms with E-state index in [0.717, 1.165) is 37.1 Å². The number of aryl methyl sites for hydroxylation is 1. The highest BCUT2D eigenvalue weighted by Crippen LogP contribution is 2.27. The van der Waals surface area contributed by atoms with Crippen molar-refractivity contribution in [3.63, 3.8) is 0 Å². The van der Waals surface area contributed by atoms with Gasteiger partial charge in [-0.3, -0.25) is 0 Å². The Bertz CT molecular complexity index is 570. The van der Waals surface area contributed by atoms with Crippen LogP contribution in [0.3, 0.4) is 0 Å². The topological polar surface area (TPSA) is 34.1 Å². The fourth-order valence-corrected chi connectivity index (χ4v) is 6.33. The van der Waals surface area contributed by atoms with Crippen LogP contribution in [0.5, 0.6) is 0 Å². The maximum absolute atomic E-state index is 12.8. The maximum Gasteiger partial charge on any atom is 0.190 e. The summed E-state index contributed by atoms with van der Waals surface area (Å²) in [6.07, 6.45) is 14.9.